The lowest BCUT2D eigenvalue weighted by atomic mass is 10.0. The minimum absolute atomic E-state index is 0.218. The summed E-state index contributed by atoms with van der Waals surface area (Å²) < 4.78 is 0. The van der Waals surface area contributed by atoms with Crippen LogP contribution in [0.15, 0.2) is 67.0 Å². The van der Waals surface area contributed by atoms with Gasteiger partial charge in [-0.2, -0.15) is 0 Å². The molecule has 1 amide bonds. The van der Waals surface area contributed by atoms with Gasteiger partial charge in [0.1, 0.15) is 5.69 Å². The van der Waals surface area contributed by atoms with Crippen molar-refractivity contribution in [1.82, 2.24) is 15.3 Å². The third kappa shape index (κ3) is 4.45. The van der Waals surface area contributed by atoms with Gasteiger partial charge in [-0.15, -0.1) is 0 Å². The summed E-state index contributed by atoms with van der Waals surface area (Å²) in [7, 11) is 0. The topological polar surface area (TPSA) is 66.9 Å². The minimum atomic E-state index is -0.218. The van der Waals surface area contributed by atoms with Crippen LogP contribution in [0.1, 0.15) is 41.5 Å². The first kappa shape index (κ1) is 17.6. The lowest BCUT2D eigenvalue weighted by molar-refractivity contribution is 0.0945. The molecule has 0 aliphatic rings. The molecule has 2 N–H and O–H groups in total. The van der Waals surface area contributed by atoms with E-state index in [2.05, 4.69) is 40.5 Å². The molecule has 5 heteroatoms. The van der Waals surface area contributed by atoms with E-state index < -0.39 is 0 Å². The predicted octanol–water partition coefficient (Wildman–Crippen LogP) is 4.27. The summed E-state index contributed by atoms with van der Waals surface area (Å²) >= 11 is 0. The second-order valence-corrected chi connectivity index (χ2v) is 6.30. The van der Waals surface area contributed by atoms with E-state index in [1.165, 1.54) is 5.56 Å². The molecular weight excluding hydrogens is 324 g/mol. The molecule has 0 saturated heterocycles. The Labute approximate surface area is 153 Å². The van der Waals surface area contributed by atoms with E-state index in [9.17, 15) is 4.79 Å². The summed E-state index contributed by atoms with van der Waals surface area (Å²) in [5, 5.41) is 6.20. The largest absolute Gasteiger partial charge is 0.354 e. The van der Waals surface area contributed by atoms with Gasteiger partial charge in [0.15, 0.2) is 0 Å². The van der Waals surface area contributed by atoms with Gasteiger partial charge in [-0.3, -0.25) is 9.78 Å². The molecule has 3 rings (SSSR count). The fraction of sp³-hybridized carbons (Fsp3) is 0.190. The van der Waals surface area contributed by atoms with Crippen LogP contribution in [-0.4, -0.2) is 15.9 Å². The van der Waals surface area contributed by atoms with Crippen molar-refractivity contribution in [3.8, 4) is 0 Å². The Morgan fingerprint density at radius 1 is 1.00 bits per heavy atom. The molecule has 0 fully saturated rings. The molecule has 0 unspecified atom stereocenters. The second-order valence-electron chi connectivity index (χ2n) is 6.30. The first-order valence-corrected chi connectivity index (χ1v) is 8.63. The quantitative estimate of drug-likeness (QED) is 0.699. The zero-order valence-electron chi connectivity index (χ0n) is 14.9. The first-order chi connectivity index (χ1) is 12.6. The van der Waals surface area contributed by atoms with Crippen LogP contribution in [0.5, 0.6) is 0 Å². The number of anilines is 2. The van der Waals surface area contributed by atoms with Crippen molar-refractivity contribution in [2.24, 2.45) is 0 Å². The van der Waals surface area contributed by atoms with E-state index >= 15 is 0 Å². The molecule has 5 nitrogen and oxygen atoms in total. The number of benzene rings is 1. The summed E-state index contributed by atoms with van der Waals surface area (Å²) in [6.07, 6.45) is 3.38. The van der Waals surface area contributed by atoms with Crippen LogP contribution in [0.25, 0.3) is 0 Å². The van der Waals surface area contributed by atoms with Crippen molar-refractivity contribution in [3.05, 3.63) is 83.9 Å². The maximum atomic E-state index is 12.2. The lowest BCUT2D eigenvalue weighted by Crippen LogP contribution is -2.24. The smallest absolute Gasteiger partial charge is 0.270 e. The number of para-hydroxylation sites is 1. The van der Waals surface area contributed by atoms with Gasteiger partial charge in [-0.25, -0.2) is 4.98 Å². The summed E-state index contributed by atoms with van der Waals surface area (Å²) in [6.45, 7) is 4.70. The molecule has 0 radical (unpaired) electrons. The lowest BCUT2D eigenvalue weighted by Gasteiger charge is -2.14. The van der Waals surface area contributed by atoms with E-state index in [1.807, 2.05) is 42.5 Å². The van der Waals surface area contributed by atoms with Crippen molar-refractivity contribution >= 4 is 17.3 Å². The molecule has 132 valence electrons. The molecule has 0 bridgehead atoms. The van der Waals surface area contributed by atoms with Gasteiger partial charge in [0.05, 0.1) is 24.1 Å². The van der Waals surface area contributed by atoms with Crippen LogP contribution in [-0.2, 0) is 6.54 Å². The summed E-state index contributed by atoms with van der Waals surface area (Å²) in [5.41, 5.74) is 4.33. The van der Waals surface area contributed by atoms with Crippen LogP contribution < -0.4 is 10.6 Å². The van der Waals surface area contributed by atoms with Gasteiger partial charge in [0.2, 0.25) is 0 Å². The Morgan fingerprint density at radius 3 is 2.50 bits per heavy atom. The highest BCUT2D eigenvalue weighted by Gasteiger charge is 2.09. The molecule has 26 heavy (non-hydrogen) atoms. The van der Waals surface area contributed by atoms with Crippen molar-refractivity contribution in [3.63, 3.8) is 0 Å². The average molecular weight is 346 g/mol. The van der Waals surface area contributed by atoms with Gasteiger partial charge in [0, 0.05) is 11.9 Å². The molecule has 2 heterocycles. The van der Waals surface area contributed by atoms with E-state index in [0.717, 1.165) is 17.1 Å². The number of carbonyl (C=O) groups is 1. The third-order valence-corrected chi connectivity index (χ3v) is 4.01. The third-order valence-electron chi connectivity index (χ3n) is 4.01. The van der Waals surface area contributed by atoms with E-state index in [0.29, 0.717) is 18.2 Å². The standard InChI is InChI=1S/C21H22N4O/c1-15(2)18-8-3-4-9-19(18)25-17-10-11-20(23-14-17)21(26)24-13-16-7-5-6-12-22-16/h3-12,14-15,25H,13H2,1-2H3,(H,24,26). The molecule has 3 aromatic rings. The molecule has 1 aromatic carbocycles. The number of amides is 1. The Kier molecular flexibility index (Phi) is 5.59. The van der Waals surface area contributed by atoms with Gasteiger partial charge in [-0.1, -0.05) is 38.1 Å². The normalized spacial score (nSPS) is 10.6. The highest BCUT2D eigenvalue weighted by atomic mass is 16.1. The van der Waals surface area contributed by atoms with Gasteiger partial charge in [0.25, 0.3) is 5.91 Å². The Bertz CT molecular complexity index is 861. The molecule has 2 aromatic heterocycles. The number of aromatic nitrogens is 2. The number of nitrogens with zero attached hydrogens (tertiary/aromatic N) is 2. The number of pyridine rings is 2. The fourth-order valence-corrected chi connectivity index (χ4v) is 2.64. The Morgan fingerprint density at radius 2 is 1.81 bits per heavy atom. The average Bonchev–Trinajstić information content (AvgIpc) is 2.68. The van der Waals surface area contributed by atoms with Crippen molar-refractivity contribution < 1.29 is 4.79 Å². The maximum Gasteiger partial charge on any atom is 0.270 e. The molecule has 0 aliphatic carbocycles. The van der Waals surface area contributed by atoms with Crippen molar-refractivity contribution in [2.45, 2.75) is 26.3 Å². The number of rotatable bonds is 6. The Balaban J connectivity index is 1.64. The van der Waals surface area contributed by atoms with Crippen LogP contribution in [0.4, 0.5) is 11.4 Å². The van der Waals surface area contributed by atoms with Crippen LogP contribution in [0.3, 0.4) is 0 Å². The predicted molar refractivity (Wildman–Crippen MR) is 103 cm³/mol. The SMILES string of the molecule is CC(C)c1ccccc1Nc1ccc(C(=O)NCc2ccccn2)nc1. The highest BCUT2D eigenvalue weighted by Crippen LogP contribution is 2.26. The summed E-state index contributed by atoms with van der Waals surface area (Å²) in [6, 6.07) is 17.4. The summed E-state index contributed by atoms with van der Waals surface area (Å²) in [5.74, 6) is 0.202. The number of nitrogens with one attached hydrogen (secondary N) is 2. The molecule has 0 atom stereocenters. The second kappa shape index (κ2) is 8.25. The summed E-state index contributed by atoms with van der Waals surface area (Å²) in [4.78, 5) is 20.7. The van der Waals surface area contributed by atoms with Gasteiger partial charge >= 0.3 is 0 Å². The molecule has 0 aliphatic heterocycles. The number of hydrogen-bond donors (Lipinski definition) is 2. The number of hydrogen-bond acceptors (Lipinski definition) is 4. The molecule has 0 saturated carbocycles. The Hall–Kier alpha value is -3.21. The van der Waals surface area contributed by atoms with E-state index in [-0.39, 0.29) is 5.91 Å². The molecule has 0 spiro atoms. The van der Waals surface area contributed by atoms with Crippen molar-refractivity contribution in [1.29, 1.82) is 0 Å². The van der Waals surface area contributed by atoms with Crippen molar-refractivity contribution in [2.75, 3.05) is 5.32 Å². The minimum Gasteiger partial charge on any atom is -0.354 e. The van der Waals surface area contributed by atoms with E-state index in [1.54, 1.807) is 18.5 Å². The first-order valence-electron chi connectivity index (χ1n) is 8.63. The van der Waals surface area contributed by atoms with Crippen LogP contribution in [0.2, 0.25) is 0 Å². The highest BCUT2D eigenvalue weighted by molar-refractivity contribution is 5.92. The van der Waals surface area contributed by atoms with Crippen LogP contribution >= 0.6 is 0 Å². The maximum absolute atomic E-state index is 12.2. The van der Waals surface area contributed by atoms with E-state index in [4.69, 9.17) is 0 Å². The zero-order valence-corrected chi connectivity index (χ0v) is 14.9. The van der Waals surface area contributed by atoms with Gasteiger partial charge < -0.3 is 10.6 Å². The number of carbonyl (C=O) groups excluding carboxylic acids is 1. The fourth-order valence-electron chi connectivity index (χ4n) is 2.64. The zero-order chi connectivity index (χ0) is 18.4. The molecular formula is C21H22N4O. The van der Waals surface area contributed by atoms with Gasteiger partial charge in [-0.05, 0) is 41.8 Å². The monoisotopic (exact) mass is 346 g/mol. The van der Waals surface area contributed by atoms with Crippen LogP contribution in [0, 0.1) is 0 Å².